The minimum absolute atomic E-state index is 0.775. The summed E-state index contributed by atoms with van der Waals surface area (Å²) >= 11 is 5.53. The van der Waals surface area contributed by atoms with Gasteiger partial charge in [0.25, 0.3) is 0 Å². The highest BCUT2D eigenvalue weighted by molar-refractivity contribution is 6.30. The number of aromatic amines is 1. The zero-order chi connectivity index (χ0) is 5.28. The molecule has 1 N–H and O–H groups in total. The molecule has 0 unspecified atom stereocenters. The fourth-order valence-corrected chi connectivity index (χ4v) is 0.691. The Labute approximate surface area is 47.3 Å². The van der Waals surface area contributed by atoms with Crippen molar-refractivity contribution in [3.63, 3.8) is 0 Å². The summed E-state index contributed by atoms with van der Waals surface area (Å²) in [6, 6.07) is 1.88. The van der Waals surface area contributed by atoms with E-state index in [-0.39, 0.29) is 0 Å². The SMILES string of the molecule is Cc1cc(Cl)c[nH]1. The second kappa shape index (κ2) is 1.58. The Morgan fingerprint density at radius 1 is 1.71 bits per heavy atom. The van der Waals surface area contributed by atoms with Crippen LogP contribution >= 0.6 is 11.6 Å². The van der Waals surface area contributed by atoms with Crippen LogP contribution in [0.3, 0.4) is 0 Å². The Kier molecular flexibility index (Phi) is 1.07. The molecule has 0 aliphatic heterocycles. The van der Waals surface area contributed by atoms with E-state index >= 15 is 0 Å². The van der Waals surface area contributed by atoms with Crippen LogP contribution in [0.1, 0.15) is 5.69 Å². The van der Waals surface area contributed by atoms with E-state index in [2.05, 4.69) is 4.98 Å². The standard InChI is InChI=1S/C5H6ClN/c1-4-2-5(6)3-7-4/h2-3,7H,1H3. The first-order valence-electron chi connectivity index (χ1n) is 2.09. The molecule has 7 heavy (non-hydrogen) atoms. The number of H-pyrrole nitrogens is 1. The molecule has 0 saturated heterocycles. The van der Waals surface area contributed by atoms with Crippen LogP contribution in [0.25, 0.3) is 0 Å². The third-order valence-corrected chi connectivity index (χ3v) is 1.01. The fourth-order valence-electron chi connectivity index (χ4n) is 0.473. The quantitative estimate of drug-likeness (QED) is 0.532. The molecule has 1 heterocycles. The normalized spacial score (nSPS) is 9.43. The highest BCUT2D eigenvalue weighted by atomic mass is 35.5. The molecule has 0 spiro atoms. The lowest BCUT2D eigenvalue weighted by Gasteiger charge is -1.70. The molecule has 0 aliphatic carbocycles. The van der Waals surface area contributed by atoms with Gasteiger partial charge in [0, 0.05) is 11.9 Å². The van der Waals surface area contributed by atoms with Gasteiger partial charge in [-0.05, 0) is 13.0 Å². The molecule has 2 heteroatoms. The van der Waals surface area contributed by atoms with Crippen molar-refractivity contribution in [3.05, 3.63) is 23.0 Å². The first-order valence-corrected chi connectivity index (χ1v) is 2.47. The summed E-state index contributed by atoms with van der Waals surface area (Å²) in [4.78, 5) is 2.94. The Balaban J connectivity index is 3.04. The summed E-state index contributed by atoms with van der Waals surface area (Å²) in [5.74, 6) is 0. The maximum Gasteiger partial charge on any atom is 0.0583 e. The molecule has 1 aromatic heterocycles. The lowest BCUT2D eigenvalue weighted by atomic mass is 10.5. The van der Waals surface area contributed by atoms with E-state index < -0.39 is 0 Å². The number of aromatic nitrogens is 1. The summed E-state index contributed by atoms with van der Waals surface area (Å²) < 4.78 is 0. The number of halogens is 1. The Morgan fingerprint density at radius 3 is 2.57 bits per heavy atom. The first-order chi connectivity index (χ1) is 3.29. The van der Waals surface area contributed by atoms with Crippen LogP contribution in [0.4, 0.5) is 0 Å². The van der Waals surface area contributed by atoms with Crippen LogP contribution in [0, 0.1) is 6.92 Å². The van der Waals surface area contributed by atoms with E-state index in [1.807, 2.05) is 13.0 Å². The molecule has 0 atom stereocenters. The molecule has 0 amide bonds. The van der Waals surface area contributed by atoms with Crippen LogP contribution in [-0.4, -0.2) is 4.98 Å². The maximum atomic E-state index is 5.53. The number of aryl methyl sites for hydroxylation is 1. The van der Waals surface area contributed by atoms with Crippen LogP contribution < -0.4 is 0 Å². The topological polar surface area (TPSA) is 15.8 Å². The van der Waals surface area contributed by atoms with Crippen molar-refractivity contribution in [2.45, 2.75) is 6.92 Å². The van der Waals surface area contributed by atoms with Crippen molar-refractivity contribution >= 4 is 11.6 Å². The lowest BCUT2D eigenvalue weighted by molar-refractivity contribution is 1.27. The third kappa shape index (κ3) is 0.967. The average molecular weight is 116 g/mol. The zero-order valence-corrected chi connectivity index (χ0v) is 4.79. The van der Waals surface area contributed by atoms with Gasteiger partial charge in [-0.15, -0.1) is 0 Å². The molecule has 0 radical (unpaired) electrons. The van der Waals surface area contributed by atoms with Gasteiger partial charge in [0.1, 0.15) is 0 Å². The van der Waals surface area contributed by atoms with Gasteiger partial charge >= 0.3 is 0 Å². The Hall–Kier alpha value is -0.430. The molecule has 1 nitrogen and oxygen atoms in total. The molecule has 0 aliphatic rings. The predicted molar refractivity (Wildman–Crippen MR) is 30.5 cm³/mol. The van der Waals surface area contributed by atoms with Crippen molar-refractivity contribution < 1.29 is 0 Å². The summed E-state index contributed by atoms with van der Waals surface area (Å²) in [7, 11) is 0. The van der Waals surface area contributed by atoms with Gasteiger partial charge in [-0.1, -0.05) is 11.6 Å². The minimum atomic E-state index is 0.775. The van der Waals surface area contributed by atoms with Gasteiger partial charge in [0.2, 0.25) is 0 Å². The third-order valence-electron chi connectivity index (χ3n) is 0.792. The van der Waals surface area contributed by atoms with Crippen molar-refractivity contribution in [1.82, 2.24) is 4.98 Å². The van der Waals surface area contributed by atoms with Crippen molar-refractivity contribution in [1.29, 1.82) is 0 Å². The lowest BCUT2D eigenvalue weighted by Crippen LogP contribution is -1.59. The molecular formula is C5H6ClN. The fraction of sp³-hybridized carbons (Fsp3) is 0.200. The van der Waals surface area contributed by atoms with Gasteiger partial charge < -0.3 is 4.98 Å². The van der Waals surface area contributed by atoms with Crippen LogP contribution in [-0.2, 0) is 0 Å². The van der Waals surface area contributed by atoms with E-state index in [1.165, 1.54) is 0 Å². The first kappa shape index (κ1) is 4.72. The monoisotopic (exact) mass is 115 g/mol. The van der Waals surface area contributed by atoms with E-state index in [9.17, 15) is 0 Å². The highest BCUT2D eigenvalue weighted by Gasteiger charge is 1.85. The molecule has 38 valence electrons. The number of hydrogen-bond donors (Lipinski definition) is 1. The molecule has 1 aromatic rings. The number of hydrogen-bond acceptors (Lipinski definition) is 0. The Bertz CT molecular complexity index is 140. The molecule has 0 bridgehead atoms. The van der Waals surface area contributed by atoms with E-state index in [1.54, 1.807) is 6.20 Å². The van der Waals surface area contributed by atoms with E-state index in [0.717, 1.165) is 10.7 Å². The average Bonchev–Trinajstić information content (AvgIpc) is 1.87. The molecule has 0 saturated carbocycles. The van der Waals surface area contributed by atoms with Crippen LogP contribution in [0.2, 0.25) is 5.02 Å². The molecular weight excluding hydrogens is 110 g/mol. The summed E-state index contributed by atoms with van der Waals surface area (Å²) in [6.07, 6.45) is 1.76. The minimum Gasteiger partial charge on any atom is -0.364 e. The number of nitrogens with one attached hydrogen (secondary N) is 1. The van der Waals surface area contributed by atoms with Crippen molar-refractivity contribution in [2.75, 3.05) is 0 Å². The zero-order valence-electron chi connectivity index (χ0n) is 4.03. The van der Waals surface area contributed by atoms with Gasteiger partial charge in [-0.3, -0.25) is 0 Å². The Morgan fingerprint density at radius 2 is 2.43 bits per heavy atom. The number of rotatable bonds is 0. The second-order valence-corrected chi connectivity index (χ2v) is 1.94. The second-order valence-electron chi connectivity index (χ2n) is 1.50. The van der Waals surface area contributed by atoms with Gasteiger partial charge in [-0.25, -0.2) is 0 Å². The molecule has 0 fully saturated rings. The van der Waals surface area contributed by atoms with E-state index in [0.29, 0.717) is 0 Å². The van der Waals surface area contributed by atoms with Crippen molar-refractivity contribution in [3.8, 4) is 0 Å². The highest BCUT2D eigenvalue weighted by Crippen LogP contribution is 2.06. The molecule has 0 aromatic carbocycles. The van der Waals surface area contributed by atoms with Crippen LogP contribution in [0.5, 0.6) is 0 Å². The van der Waals surface area contributed by atoms with E-state index in [4.69, 9.17) is 11.6 Å². The van der Waals surface area contributed by atoms with Crippen LogP contribution in [0.15, 0.2) is 12.3 Å². The largest absolute Gasteiger partial charge is 0.364 e. The predicted octanol–water partition coefficient (Wildman–Crippen LogP) is 1.98. The maximum absolute atomic E-state index is 5.53. The van der Waals surface area contributed by atoms with Gasteiger partial charge in [0.15, 0.2) is 0 Å². The van der Waals surface area contributed by atoms with Gasteiger partial charge in [0.05, 0.1) is 5.02 Å². The molecule has 1 rings (SSSR count). The van der Waals surface area contributed by atoms with Crippen molar-refractivity contribution in [2.24, 2.45) is 0 Å². The summed E-state index contributed by atoms with van der Waals surface area (Å²) in [6.45, 7) is 1.96. The summed E-state index contributed by atoms with van der Waals surface area (Å²) in [5, 5.41) is 0.775. The van der Waals surface area contributed by atoms with Gasteiger partial charge in [-0.2, -0.15) is 0 Å². The smallest absolute Gasteiger partial charge is 0.0583 e. The summed E-state index contributed by atoms with van der Waals surface area (Å²) in [5.41, 5.74) is 1.10.